The third-order valence-electron chi connectivity index (χ3n) is 7.72. The van der Waals surface area contributed by atoms with Gasteiger partial charge in [0.1, 0.15) is 23.2 Å². The molecule has 0 radical (unpaired) electrons. The van der Waals surface area contributed by atoms with E-state index in [9.17, 15) is 18.0 Å². The van der Waals surface area contributed by atoms with Gasteiger partial charge in [-0.1, -0.05) is 6.07 Å². The van der Waals surface area contributed by atoms with Crippen LogP contribution in [0.5, 0.6) is 0 Å². The van der Waals surface area contributed by atoms with Crippen molar-refractivity contribution in [2.75, 3.05) is 18.0 Å². The van der Waals surface area contributed by atoms with Gasteiger partial charge in [0.15, 0.2) is 0 Å². The van der Waals surface area contributed by atoms with Crippen molar-refractivity contribution in [1.29, 1.82) is 0 Å². The molecule has 184 valence electrons. The zero-order valence-corrected chi connectivity index (χ0v) is 20.7. The number of halogens is 3. The fourth-order valence-corrected chi connectivity index (χ4v) is 6.00. The maximum atomic E-state index is 14.8. The van der Waals surface area contributed by atoms with Crippen LogP contribution >= 0.6 is 0 Å². The third-order valence-corrected chi connectivity index (χ3v) is 7.72. The summed E-state index contributed by atoms with van der Waals surface area (Å²) in [6.07, 6.45) is 1.40. The van der Waals surface area contributed by atoms with Gasteiger partial charge in [-0.15, -0.1) is 0 Å². The van der Waals surface area contributed by atoms with Gasteiger partial charge in [0.05, 0.1) is 0 Å². The van der Waals surface area contributed by atoms with E-state index in [4.69, 9.17) is 0 Å². The van der Waals surface area contributed by atoms with Crippen LogP contribution in [0, 0.1) is 29.3 Å². The smallest absolute Gasteiger partial charge is 0.141 e. The van der Waals surface area contributed by atoms with Crippen molar-refractivity contribution in [3.8, 4) is 0 Å². The molecule has 4 rings (SSSR count). The maximum absolute atomic E-state index is 14.8. The van der Waals surface area contributed by atoms with E-state index in [1.807, 2.05) is 0 Å². The summed E-state index contributed by atoms with van der Waals surface area (Å²) < 4.78 is 41.8. The fraction of sp³-hybridized carbons (Fsp3) is 0.536. The van der Waals surface area contributed by atoms with Gasteiger partial charge in [-0.25, -0.2) is 13.2 Å². The molecule has 2 aliphatic rings. The Morgan fingerprint density at radius 1 is 0.882 bits per heavy atom. The number of piperidine rings is 1. The molecule has 5 atom stereocenters. The Bertz CT molecular complexity index is 1020. The lowest BCUT2D eigenvalue weighted by molar-refractivity contribution is -0.128. The molecule has 2 saturated heterocycles. The van der Waals surface area contributed by atoms with Gasteiger partial charge < -0.3 is 4.90 Å². The number of ketones is 1. The van der Waals surface area contributed by atoms with Gasteiger partial charge in [-0.2, -0.15) is 0 Å². The van der Waals surface area contributed by atoms with E-state index in [1.165, 1.54) is 24.3 Å². The average Bonchev–Trinajstić information content (AvgIpc) is 3.19. The highest BCUT2D eigenvalue weighted by atomic mass is 19.1. The lowest BCUT2D eigenvalue weighted by Crippen LogP contribution is -2.49. The third kappa shape index (κ3) is 4.88. The predicted molar refractivity (Wildman–Crippen MR) is 129 cm³/mol. The summed E-state index contributed by atoms with van der Waals surface area (Å²) in [7, 11) is 0. The second-order valence-corrected chi connectivity index (χ2v) is 11.1. The quantitative estimate of drug-likeness (QED) is 0.531. The molecule has 3 nitrogen and oxygen atoms in total. The summed E-state index contributed by atoms with van der Waals surface area (Å²) in [4.78, 5) is 18.4. The first-order valence-corrected chi connectivity index (χ1v) is 12.2. The van der Waals surface area contributed by atoms with Crippen molar-refractivity contribution < 1.29 is 18.0 Å². The highest BCUT2D eigenvalue weighted by Crippen LogP contribution is 2.42. The summed E-state index contributed by atoms with van der Waals surface area (Å²) in [5.41, 5.74) is 1.23. The minimum absolute atomic E-state index is 0.115. The number of nitrogens with zero attached hydrogens (tertiary/aromatic N) is 2. The van der Waals surface area contributed by atoms with Crippen LogP contribution in [-0.2, 0) is 4.79 Å². The number of hydrogen-bond donors (Lipinski definition) is 0. The molecule has 2 heterocycles. The van der Waals surface area contributed by atoms with Crippen LogP contribution in [0.1, 0.15) is 58.9 Å². The first-order chi connectivity index (χ1) is 16.0. The van der Waals surface area contributed by atoms with Crippen molar-refractivity contribution in [3.05, 3.63) is 65.5 Å². The Morgan fingerprint density at radius 3 is 2.03 bits per heavy atom. The van der Waals surface area contributed by atoms with Crippen LogP contribution in [0.2, 0.25) is 0 Å². The number of Topliss-reactive ketones (excluding diaryl/α,β-unsaturated/α-hetero) is 1. The summed E-state index contributed by atoms with van der Waals surface area (Å²) >= 11 is 0. The number of benzene rings is 2. The Hall–Kier alpha value is -2.34. The number of hydrogen-bond acceptors (Lipinski definition) is 3. The van der Waals surface area contributed by atoms with Crippen LogP contribution in [-0.4, -0.2) is 41.4 Å². The molecule has 0 amide bonds. The molecule has 0 saturated carbocycles. The molecule has 0 spiro atoms. The van der Waals surface area contributed by atoms with Crippen molar-refractivity contribution in [2.24, 2.45) is 11.8 Å². The summed E-state index contributed by atoms with van der Waals surface area (Å²) in [6.45, 7) is 11.7. The Morgan fingerprint density at radius 2 is 1.47 bits per heavy atom. The van der Waals surface area contributed by atoms with Crippen LogP contribution in [0.3, 0.4) is 0 Å². The van der Waals surface area contributed by atoms with Crippen LogP contribution in [0.15, 0.2) is 42.5 Å². The van der Waals surface area contributed by atoms with E-state index in [2.05, 4.69) is 44.4 Å². The molecule has 0 aliphatic carbocycles. The van der Waals surface area contributed by atoms with Gasteiger partial charge in [0, 0.05) is 60.2 Å². The van der Waals surface area contributed by atoms with Gasteiger partial charge >= 0.3 is 0 Å². The minimum Gasteiger partial charge on any atom is -0.366 e. The summed E-state index contributed by atoms with van der Waals surface area (Å²) in [5, 5.41) is 0. The monoisotopic (exact) mass is 472 g/mol. The molecular weight excluding hydrogens is 437 g/mol. The van der Waals surface area contributed by atoms with E-state index in [1.54, 1.807) is 12.1 Å². The second-order valence-electron chi connectivity index (χ2n) is 11.1. The Kier molecular flexibility index (Phi) is 6.83. The molecule has 2 fully saturated rings. The first-order valence-electron chi connectivity index (χ1n) is 12.2. The van der Waals surface area contributed by atoms with E-state index < -0.39 is 11.6 Å². The van der Waals surface area contributed by atoms with Crippen LogP contribution in [0.25, 0.3) is 0 Å². The number of anilines is 1. The molecule has 6 heteroatoms. The van der Waals surface area contributed by atoms with Crippen molar-refractivity contribution in [3.63, 3.8) is 0 Å². The van der Waals surface area contributed by atoms with Gasteiger partial charge in [-0.3, -0.25) is 9.69 Å². The zero-order chi connectivity index (χ0) is 24.8. The molecule has 0 aromatic heterocycles. The van der Waals surface area contributed by atoms with E-state index in [0.717, 1.165) is 11.8 Å². The fourth-order valence-electron chi connectivity index (χ4n) is 6.00. The molecule has 2 aromatic rings. The van der Waals surface area contributed by atoms with E-state index in [0.29, 0.717) is 31.5 Å². The van der Waals surface area contributed by atoms with Crippen LogP contribution < -0.4 is 4.90 Å². The highest BCUT2D eigenvalue weighted by molar-refractivity contribution is 5.85. The van der Waals surface area contributed by atoms with Crippen molar-refractivity contribution >= 4 is 11.5 Å². The lowest BCUT2D eigenvalue weighted by Gasteiger charge is -2.44. The van der Waals surface area contributed by atoms with E-state index in [-0.39, 0.29) is 47.0 Å². The van der Waals surface area contributed by atoms with Crippen molar-refractivity contribution in [1.82, 2.24) is 4.90 Å². The highest BCUT2D eigenvalue weighted by Gasteiger charge is 2.46. The van der Waals surface area contributed by atoms with Gasteiger partial charge in [-0.05, 0) is 83.4 Å². The normalized spacial score (nSPS) is 28.4. The zero-order valence-electron chi connectivity index (χ0n) is 20.7. The predicted octanol–water partition coefficient (Wildman–Crippen LogP) is 6.18. The first kappa shape index (κ1) is 24.8. The average molecular weight is 473 g/mol. The number of likely N-dealkylation sites (tertiary alicyclic amines) is 1. The van der Waals surface area contributed by atoms with Gasteiger partial charge in [0.2, 0.25) is 0 Å². The molecule has 2 aliphatic heterocycles. The largest absolute Gasteiger partial charge is 0.366 e. The maximum Gasteiger partial charge on any atom is 0.141 e. The number of carbonyl (C=O) groups excluding carboxylic acids is 1. The lowest BCUT2D eigenvalue weighted by atomic mass is 9.75. The van der Waals surface area contributed by atoms with Gasteiger partial charge in [0.25, 0.3) is 0 Å². The molecule has 34 heavy (non-hydrogen) atoms. The van der Waals surface area contributed by atoms with Crippen molar-refractivity contribution in [2.45, 2.75) is 71.0 Å². The standard InChI is InChI=1S/C28H35F3N2O/c1-17-12-19(13-18(2)33(17)22-9-6-20(29)7-10-22)27(34)25-16-32(28(3,4)5)15-24(25)23-11-8-21(30)14-26(23)31/h6-11,14,17-19,24-25H,12-13,15-16H2,1-5H3/t17-,18+,19?,24-,25+/m1/s1. The molecule has 0 bridgehead atoms. The summed E-state index contributed by atoms with van der Waals surface area (Å²) in [6, 6.07) is 10.4. The van der Waals surface area contributed by atoms with E-state index >= 15 is 0 Å². The second kappa shape index (κ2) is 9.37. The SMILES string of the molecule is C[C@@H]1CC(C(=O)[C@H]2CN(C(C)(C)C)C[C@@H]2c2ccc(F)cc2F)C[C@H](C)N1c1ccc(F)cc1. The number of rotatable bonds is 4. The van der Waals surface area contributed by atoms with Crippen LogP contribution in [0.4, 0.5) is 18.9 Å². The number of carbonyl (C=O) groups is 1. The Labute approximate surface area is 200 Å². The Balaban J connectivity index is 1.58. The molecule has 2 aromatic carbocycles. The topological polar surface area (TPSA) is 23.6 Å². The molecule has 1 unspecified atom stereocenters. The molecule has 0 N–H and O–H groups in total. The molecular formula is C28H35F3N2O. The summed E-state index contributed by atoms with van der Waals surface area (Å²) in [5.74, 6) is -2.03. The minimum atomic E-state index is -0.606.